The second kappa shape index (κ2) is 8.12. The molecule has 1 aliphatic heterocycles. The minimum absolute atomic E-state index is 0.223. The van der Waals surface area contributed by atoms with Gasteiger partial charge in [0.05, 0.1) is 5.02 Å². The number of anilines is 1. The first-order chi connectivity index (χ1) is 13.6. The molecule has 1 fully saturated rings. The number of amides is 1. The van der Waals surface area contributed by atoms with Gasteiger partial charge in [0.1, 0.15) is 4.88 Å². The van der Waals surface area contributed by atoms with Gasteiger partial charge in [0.2, 0.25) is 5.95 Å². The fraction of sp³-hybridized carbons (Fsp3) is 0.263. The average Bonchev–Trinajstić information content (AvgIpc) is 3.09. The standard InChI is InChI=1S/C19H17ClN4O3S/c20-16-13-4-1-2-5-14(13)28-17(16)18(26)27-12-15(25)23-8-10-24(11-9-23)19-21-6-3-7-22-19/h1-7H,8-12H2. The molecule has 0 bridgehead atoms. The molecule has 1 saturated heterocycles. The molecular formula is C19H17ClN4O3S. The summed E-state index contributed by atoms with van der Waals surface area (Å²) in [6, 6.07) is 9.25. The van der Waals surface area contributed by atoms with E-state index in [9.17, 15) is 9.59 Å². The van der Waals surface area contributed by atoms with Crippen LogP contribution in [-0.2, 0) is 9.53 Å². The lowest BCUT2D eigenvalue weighted by Crippen LogP contribution is -2.50. The van der Waals surface area contributed by atoms with E-state index in [4.69, 9.17) is 16.3 Å². The number of halogens is 1. The van der Waals surface area contributed by atoms with Crippen LogP contribution in [0.2, 0.25) is 5.02 Å². The predicted octanol–water partition coefficient (Wildman–Crippen LogP) is 2.85. The highest BCUT2D eigenvalue weighted by molar-refractivity contribution is 7.21. The number of piperazine rings is 1. The molecule has 1 aliphatic rings. The van der Waals surface area contributed by atoms with Gasteiger partial charge in [0, 0.05) is 48.7 Å². The molecule has 0 radical (unpaired) electrons. The molecule has 0 unspecified atom stereocenters. The first-order valence-electron chi connectivity index (χ1n) is 8.77. The maximum atomic E-state index is 12.4. The monoisotopic (exact) mass is 416 g/mol. The number of aromatic nitrogens is 2. The van der Waals surface area contributed by atoms with E-state index in [-0.39, 0.29) is 12.5 Å². The zero-order chi connectivity index (χ0) is 19.5. The number of carbonyl (C=O) groups excluding carboxylic acids is 2. The molecule has 0 N–H and O–H groups in total. The van der Waals surface area contributed by atoms with Crippen LogP contribution in [-0.4, -0.2) is 59.5 Å². The lowest BCUT2D eigenvalue weighted by Gasteiger charge is -2.34. The summed E-state index contributed by atoms with van der Waals surface area (Å²) in [6.07, 6.45) is 3.39. The summed E-state index contributed by atoms with van der Waals surface area (Å²) in [5.74, 6) is -0.143. The van der Waals surface area contributed by atoms with Crippen LogP contribution in [0.15, 0.2) is 42.7 Å². The van der Waals surface area contributed by atoms with Gasteiger partial charge in [-0.25, -0.2) is 14.8 Å². The quantitative estimate of drug-likeness (QED) is 0.609. The number of hydrogen-bond acceptors (Lipinski definition) is 7. The van der Waals surface area contributed by atoms with E-state index in [0.717, 1.165) is 10.1 Å². The van der Waals surface area contributed by atoms with Gasteiger partial charge in [0.25, 0.3) is 5.91 Å². The molecule has 3 heterocycles. The molecule has 3 aromatic rings. The Morgan fingerprint density at radius 1 is 1.07 bits per heavy atom. The fourth-order valence-corrected chi connectivity index (χ4v) is 4.44. The van der Waals surface area contributed by atoms with E-state index in [1.807, 2.05) is 29.2 Å². The van der Waals surface area contributed by atoms with Crippen molar-refractivity contribution in [2.45, 2.75) is 0 Å². The van der Waals surface area contributed by atoms with E-state index >= 15 is 0 Å². The Kier molecular flexibility index (Phi) is 5.40. The van der Waals surface area contributed by atoms with E-state index in [1.54, 1.807) is 23.4 Å². The molecule has 1 aromatic carbocycles. The number of esters is 1. The second-order valence-corrected chi connectivity index (χ2v) is 7.66. The summed E-state index contributed by atoms with van der Waals surface area (Å²) in [6.45, 7) is 2.01. The average molecular weight is 417 g/mol. The number of rotatable bonds is 4. The SMILES string of the molecule is O=C(OCC(=O)N1CCN(c2ncccn2)CC1)c1sc2ccccc2c1Cl. The highest BCUT2D eigenvalue weighted by atomic mass is 35.5. The number of benzene rings is 1. The lowest BCUT2D eigenvalue weighted by molar-refractivity contribution is -0.134. The Hall–Kier alpha value is -2.71. The minimum Gasteiger partial charge on any atom is -0.451 e. The van der Waals surface area contributed by atoms with Crippen LogP contribution in [0.1, 0.15) is 9.67 Å². The third-order valence-corrected chi connectivity index (χ3v) is 6.17. The van der Waals surface area contributed by atoms with Crippen molar-refractivity contribution in [1.82, 2.24) is 14.9 Å². The van der Waals surface area contributed by atoms with Crippen LogP contribution >= 0.6 is 22.9 Å². The van der Waals surface area contributed by atoms with Crippen LogP contribution in [0, 0.1) is 0 Å². The minimum atomic E-state index is -0.573. The largest absolute Gasteiger partial charge is 0.451 e. The maximum absolute atomic E-state index is 12.4. The van der Waals surface area contributed by atoms with E-state index < -0.39 is 5.97 Å². The first-order valence-corrected chi connectivity index (χ1v) is 9.97. The number of hydrogen-bond donors (Lipinski definition) is 0. The van der Waals surface area contributed by atoms with Crippen molar-refractivity contribution < 1.29 is 14.3 Å². The molecular weight excluding hydrogens is 400 g/mol. The summed E-state index contributed by atoms with van der Waals surface area (Å²) in [5.41, 5.74) is 0. The van der Waals surface area contributed by atoms with Crippen molar-refractivity contribution >= 4 is 50.8 Å². The molecule has 7 nitrogen and oxygen atoms in total. The van der Waals surface area contributed by atoms with Crippen LogP contribution < -0.4 is 4.90 Å². The Labute approximate surface area is 170 Å². The molecule has 28 heavy (non-hydrogen) atoms. The van der Waals surface area contributed by atoms with Crippen molar-refractivity contribution in [2.75, 3.05) is 37.7 Å². The van der Waals surface area contributed by atoms with Gasteiger partial charge in [-0.05, 0) is 12.1 Å². The van der Waals surface area contributed by atoms with Crippen LogP contribution in [0.25, 0.3) is 10.1 Å². The Morgan fingerprint density at radius 3 is 2.50 bits per heavy atom. The van der Waals surface area contributed by atoms with Gasteiger partial charge in [-0.2, -0.15) is 0 Å². The van der Waals surface area contributed by atoms with Gasteiger partial charge >= 0.3 is 5.97 Å². The van der Waals surface area contributed by atoms with Gasteiger partial charge < -0.3 is 14.5 Å². The molecule has 144 valence electrons. The van der Waals surface area contributed by atoms with E-state index in [0.29, 0.717) is 42.0 Å². The van der Waals surface area contributed by atoms with Crippen LogP contribution in [0.3, 0.4) is 0 Å². The van der Waals surface area contributed by atoms with E-state index in [2.05, 4.69) is 9.97 Å². The summed E-state index contributed by atoms with van der Waals surface area (Å²) in [4.78, 5) is 37.2. The molecule has 9 heteroatoms. The third kappa shape index (κ3) is 3.79. The van der Waals surface area contributed by atoms with Gasteiger partial charge in [-0.1, -0.05) is 29.8 Å². The smallest absolute Gasteiger partial charge is 0.350 e. The highest BCUT2D eigenvalue weighted by Gasteiger charge is 2.24. The molecule has 2 aromatic heterocycles. The Balaban J connectivity index is 1.32. The molecule has 1 amide bonds. The summed E-state index contributed by atoms with van der Waals surface area (Å²) >= 11 is 7.55. The number of ether oxygens (including phenoxy) is 1. The number of thiophene rings is 1. The predicted molar refractivity (Wildman–Crippen MR) is 108 cm³/mol. The van der Waals surface area contributed by atoms with Crippen molar-refractivity contribution in [1.29, 1.82) is 0 Å². The van der Waals surface area contributed by atoms with Crippen LogP contribution in [0.5, 0.6) is 0 Å². The normalized spacial score (nSPS) is 14.3. The van der Waals surface area contributed by atoms with Gasteiger partial charge in [-0.15, -0.1) is 11.3 Å². The van der Waals surface area contributed by atoms with Crippen molar-refractivity contribution in [3.8, 4) is 0 Å². The highest BCUT2D eigenvalue weighted by Crippen LogP contribution is 2.35. The lowest BCUT2D eigenvalue weighted by atomic mass is 10.2. The Morgan fingerprint density at radius 2 is 1.79 bits per heavy atom. The molecule has 4 rings (SSSR count). The Bertz CT molecular complexity index is 1000. The molecule has 0 aliphatic carbocycles. The van der Waals surface area contributed by atoms with E-state index in [1.165, 1.54) is 11.3 Å². The third-order valence-electron chi connectivity index (χ3n) is 4.51. The second-order valence-electron chi connectivity index (χ2n) is 6.23. The van der Waals surface area contributed by atoms with Gasteiger partial charge in [0.15, 0.2) is 6.61 Å². The van der Waals surface area contributed by atoms with Crippen molar-refractivity contribution in [3.63, 3.8) is 0 Å². The number of nitrogens with zero attached hydrogens (tertiary/aromatic N) is 4. The summed E-state index contributed by atoms with van der Waals surface area (Å²) in [5, 5.41) is 1.18. The molecule has 0 atom stereocenters. The summed E-state index contributed by atoms with van der Waals surface area (Å²) in [7, 11) is 0. The molecule has 0 spiro atoms. The van der Waals surface area contributed by atoms with Gasteiger partial charge in [-0.3, -0.25) is 4.79 Å². The van der Waals surface area contributed by atoms with Crippen molar-refractivity contribution in [3.05, 3.63) is 52.6 Å². The fourth-order valence-electron chi connectivity index (χ4n) is 3.04. The zero-order valence-electron chi connectivity index (χ0n) is 14.9. The first kappa shape index (κ1) is 18.6. The zero-order valence-corrected chi connectivity index (χ0v) is 16.4. The topological polar surface area (TPSA) is 75.6 Å². The van der Waals surface area contributed by atoms with Crippen molar-refractivity contribution in [2.24, 2.45) is 0 Å². The number of fused-ring (bicyclic) bond motifs is 1. The summed E-state index contributed by atoms with van der Waals surface area (Å²) < 4.78 is 6.13. The molecule has 0 saturated carbocycles. The maximum Gasteiger partial charge on any atom is 0.350 e. The van der Waals surface area contributed by atoms with Crippen LogP contribution in [0.4, 0.5) is 5.95 Å². The number of carbonyl (C=O) groups is 2.